The van der Waals surface area contributed by atoms with E-state index in [4.69, 9.17) is 11.6 Å². The molecule has 22 heavy (non-hydrogen) atoms. The second-order valence-electron chi connectivity index (χ2n) is 4.83. The monoisotopic (exact) mass is 330 g/mol. The number of aryl methyl sites for hydroxylation is 1. The summed E-state index contributed by atoms with van der Waals surface area (Å²) >= 11 is 7.70. The van der Waals surface area contributed by atoms with E-state index in [0.29, 0.717) is 5.02 Å². The van der Waals surface area contributed by atoms with Crippen molar-refractivity contribution in [2.45, 2.75) is 13.8 Å². The molecule has 6 heteroatoms. The molecule has 4 nitrogen and oxygen atoms in total. The standard InChI is InChI=1S/C16H15ClN4S/c1-11-9-13(12(2)21(11)16-18-7-8-22-16)10-19-20-15-6-4-3-5-14(15)17/h3-10,20H,1-2H3/b19-10-. The summed E-state index contributed by atoms with van der Waals surface area (Å²) in [5.41, 5.74) is 7.04. The molecule has 0 fully saturated rings. The third-order valence-corrected chi connectivity index (χ3v) is 4.43. The molecule has 0 bridgehead atoms. The fourth-order valence-corrected chi connectivity index (χ4v) is 3.19. The molecular formula is C16H15ClN4S. The Morgan fingerprint density at radius 2 is 2.14 bits per heavy atom. The molecule has 0 saturated carbocycles. The van der Waals surface area contributed by atoms with Crippen molar-refractivity contribution in [1.29, 1.82) is 0 Å². The molecule has 0 aliphatic rings. The minimum Gasteiger partial charge on any atom is -0.294 e. The third-order valence-electron chi connectivity index (χ3n) is 3.34. The molecule has 0 aliphatic carbocycles. The first-order chi connectivity index (χ1) is 10.7. The van der Waals surface area contributed by atoms with Gasteiger partial charge in [0.2, 0.25) is 0 Å². The average Bonchev–Trinajstić information content (AvgIpc) is 3.10. The Balaban J connectivity index is 1.83. The highest BCUT2D eigenvalue weighted by molar-refractivity contribution is 7.12. The van der Waals surface area contributed by atoms with E-state index in [2.05, 4.69) is 40.0 Å². The molecule has 0 saturated heterocycles. The number of hydrogen-bond donors (Lipinski definition) is 1. The van der Waals surface area contributed by atoms with Crippen molar-refractivity contribution in [3.8, 4) is 5.13 Å². The Bertz CT molecular complexity index is 806. The van der Waals surface area contributed by atoms with Crippen molar-refractivity contribution in [2.75, 3.05) is 5.43 Å². The zero-order valence-corrected chi connectivity index (χ0v) is 13.8. The van der Waals surface area contributed by atoms with E-state index >= 15 is 0 Å². The number of para-hydroxylation sites is 1. The van der Waals surface area contributed by atoms with E-state index < -0.39 is 0 Å². The highest BCUT2D eigenvalue weighted by Gasteiger charge is 2.10. The molecule has 1 N–H and O–H groups in total. The van der Waals surface area contributed by atoms with Gasteiger partial charge < -0.3 is 0 Å². The van der Waals surface area contributed by atoms with Gasteiger partial charge >= 0.3 is 0 Å². The first-order valence-corrected chi connectivity index (χ1v) is 8.05. The molecule has 0 unspecified atom stereocenters. The zero-order valence-electron chi connectivity index (χ0n) is 12.2. The van der Waals surface area contributed by atoms with Crippen LogP contribution >= 0.6 is 22.9 Å². The predicted octanol–water partition coefficient (Wildman–Crippen LogP) is 4.65. The fraction of sp³-hybridized carbons (Fsp3) is 0.125. The predicted molar refractivity (Wildman–Crippen MR) is 93.6 cm³/mol. The van der Waals surface area contributed by atoms with Crippen LogP contribution in [0.1, 0.15) is 17.0 Å². The van der Waals surface area contributed by atoms with Crippen LogP contribution in [0.25, 0.3) is 5.13 Å². The van der Waals surface area contributed by atoms with E-state index in [-0.39, 0.29) is 0 Å². The Hall–Kier alpha value is -2.11. The number of anilines is 1. The largest absolute Gasteiger partial charge is 0.294 e. The SMILES string of the molecule is Cc1cc(/C=N\Nc2ccccc2Cl)c(C)n1-c1nccs1. The summed E-state index contributed by atoms with van der Waals surface area (Å²) < 4.78 is 2.13. The summed E-state index contributed by atoms with van der Waals surface area (Å²) in [7, 11) is 0. The maximum atomic E-state index is 6.09. The van der Waals surface area contributed by atoms with Gasteiger partial charge in [-0.3, -0.25) is 9.99 Å². The summed E-state index contributed by atoms with van der Waals surface area (Å²) in [6, 6.07) is 9.61. The van der Waals surface area contributed by atoms with Crippen LogP contribution in [0.5, 0.6) is 0 Å². The van der Waals surface area contributed by atoms with Crippen molar-refractivity contribution in [2.24, 2.45) is 5.10 Å². The van der Waals surface area contributed by atoms with Crippen LogP contribution in [0.4, 0.5) is 5.69 Å². The maximum absolute atomic E-state index is 6.09. The molecule has 3 rings (SSSR count). The van der Waals surface area contributed by atoms with Crippen molar-refractivity contribution < 1.29 is 0 Å². The number of rotatable bonds is 4. The molecule has 2 heterocycles. The Kier molecular flexibility index (Phi) is 4.27. The maximum Gasteiger partial charge on any atom is 0.193 e. The topological polar surface area (TPSA) is 42.2 Å². The van der Waals surface area contributed by atoms with E-state index in [1.807, 2.05) is 35.8 Å². The molecule has 0 spiro atoms. The summed E-state index contributed by atoms with van der Waals surface area (Å²) in [6.07, 6.45) is 3.61. The molecule has 0 radical (unpaired) electrons. The van der Waals surface area contributed by atoms with Gasteiger partial charge in [-0.05, 0) is 32.0 Å². The number of thiazole rings is 1. The smallest absolute Gasteiger partial charge is 0.193 e. The van der Waals surface area contributed by atoms with Crippen LogP contribution < -0.4 is 5.43 Å². The van der Waals surface area contributed by atoms with Crippen LogP contribution in [0, 0.1) is 13.8 Å². The van der Waals surface area contributed by atoms with E-state index in [9.17, 15) is 0 Å². The average molecular weight is 331 g/mol. The van der Waals surface area contributed by atoms with Crippen LogP contribution in [-0.4, -0.2) is 15.8 Å². The summed E-state index contributed by atoms with van der Waals surface area (Å²) in [5, 5.41) is 7.87. The Labute approximate surface area is 138 Å². The van der Waals surface area contributed by atoms with Gasteiger partial charge in [0.15, 0.2) is 5.13 Å². The molecular weight excluding hydrogens is 316 g/mol. The van der Waals surface area contributed by atoms with Gasteiger partial charge in [0.05, 0.1) is 16.9 Å². The Morgan fingerprint density at radius 1 is 1.32 bits per heavy atom. The normalized spacial score (nSPS) is 11.2. The lowest BCUT2D eigenvalue weighted by Crippen LogP contribution is -1.99. The highest BCUT2D eigenvalue weighted by atomic mass is 35.5. The second kappa shape index (κ2) is 6.34. The third kappa shape index (κ3) is 2.91. The van der Waals surface area contributed by atoms with Crippen molar-refractivity contribution in [3.63, 3.8) is 0 Å². The molecule has 0 amide bonds. The first kappa shape index (κ1) is 14.8. The summed E-state index contributed by atoms with van der Waals surface area (Å²) in [5.74, 6) is 0. The number of hydrogen-bond acceptors (Lipinski definition) is 4. The number of nitrogens with zero attached hydrogens (tertiary/aromatic N) is 3. The van der Waals surface area contributed by atoms with Crippen LogP contribution in [0.3, 0.4) is 0 Å². The van der Waals surface area contributed by atoms with Gasteiger partial charge in [0, 0.05) is 28.5 Å². The lowest BCUT2D eigenvalue weighted by Gasteiger charge is -2.04. The van der Waals surface area contributed by atoms with E-state index in [1.165, 1.54) is 0 Å². The lowest BCUT2D eigenvalue weighted by molar-refractivity contribution is 0.949. The fourth-order valence-electron chi connectivity index (χ4n) is 2.26. The Morgan fingerprint density at radius 3 is 2.86 bits per heavy atom. The second-order valence-corrected chi connectivity index (χ2v) is 6.11. The molecule has 3 aromatic rings. The van der Waals surface area contributed by atoms with Gasteiger partial charge in [0.25, 0.3) is 0 Å². The number of hydrazone groups is 1. The molecule has 112 valence electrons. The van der Waals surface area contributed by atoms with E-state index in [1.54, 1.807) is 17.6 Å². The number of aromatic nitrogens is 2. The highest BCUT2D eigenvalue weighted by Crippen LogP contribution is 2.22. The number of benzene rings is 1. The lowest BCUT2D eigenvalue weighted by atomic mass is 10.3. The van der Waals surface area contributed by atoms with Gasteiger partial charge in [-0.15, -0.1) is 11.3 Å². The minimum atomic E-state index is 0.646. The van der Waals surface area contributed by atoms with Crippen molar-refractivity contribution >= 4 is 34.8 Å². The van der Waals surface area contributed by atoms with Crippen LogP contribution in [0.2, 0.25) is 5.02 Å². The van der Waals surface area contributed by atoms with Gasteiger partial charge in [-0.25, -0.2) is 4.98 Å². The molecule has 0 aliphatic heterocycles. The first-order valence-electron chi connectivity index (χ1n) is 6.79. The molecule has 0 atom stereocenters. The van der Waals surface area contributed by atoms with E-state index in [0.717, 1.165) is 27.8 Å². The quantitative estimate of drug-likeness (QED) is 0.559. The zero-order chi connectivity index (χ0) is 15.5. The van der Waals surface area contributed by atoms with Crippen molar-refractivity contribution in [1.82, 2.24) is 9.55 Å². The van der Waals surface area contributed by atoms with Crippen molar-refractivity contribution in [3.05, 3.63) is 63.9 Å². The van der Waals surface area contributed by atoms with Crippen LogP contribution in [0.15, 0.2) is 47.0 Å². The summed E-state index contributed by atoms with van der Waals surface area (Å²) in [6.45, 7) is 4.12. The number of halogens is 1. The van der Waals surface area contributed by atoms with Gasteiger partial charge in [-0.2, -0.15) is 5.10 Å². The van der Waals surface area contributed by atoms with Gasteiger partial charge in [-0.1, -0.05) is 23.7 Å². The van der Waals surface area contributed by atoms with Crippen LogP contribution in [-0.2, 0) is 0 Å². The minimum absolute atomic E-state index is 0.646. The number of nitrogens with one attached hydrogen (secondary N) is 1. The summed E-state index contributed by atoms with van der Waals surface area (Å²) in [4.78, 5) is 4.36. The molecule has 2 aromatic heterocycles. The van der Waals surface area contributed by atoms with Gasteiger partial charge in [0.1, 0.15) is 0 Å². The molecule has 1 aromatic carbocycles.